The van der Waals surface area contributed by atoms with Gasteiger partial charge in [-0.05, 0) is 43.4 Å². The third-order valence-electron chi connectivity index (χ3n) is 8.87. The van der Waals surface area contributed by atoms with E-state index in [1.165, 1.54) is 35.5 Å². The van der Waals surface area contributed by atoms with E-state index in [2.05, 4.69) is 26.0 Å². The molecule has 2 saturated carbocycles. The molecule has 16 nitrogen and oxygen atoms in total. The van der Waals surface area contributed by atoms with Crippen LogP contribution in [0.25, 0.3) is 17.1 Å². The Hall–Kier alpha value is -4.93. The van der Waals surface area contributed by atoms with Crippen molar-refractivity contribution in [3.8, 4) is 5.95 Å². The van der Waals surface area contributed by atoms with Gasteiger partial charge < -0.3 is 40.6 Å². The van der Waals surface area contributed by atoms with E-state index < -0.39 is 36.2 Å². The molecule has 248 valence electrons. The summed E-state index contributed by atoms with van der Waals surface area (Å²) in [6.45, 7) is 1.89. The Bertz CT molecular complexity index is 1770. The quantitative estimate of drug-likeness (QED) is 0.135. The lowest BCUT2D eigenvalue weighted by Gasteiger charge is -2.21. The number of methoxy groups -OCH3 is 1. The number of nitrogens with zero attached hydrogens (tertiary/aromatic N) is 6. The van der Waals surface area contributed by atoms with Crippen molar-refractivity contribution < 1.29 is 34.4 Å². The molecule has 0 radical (unpaired) electrons. The van der Waals surface area contributed by atoms with Crippen LogP contribution in [0, 0.1) is 0 Å². The zero-order valence-corrected chi connectivity index (χ0v) is 25.9. The van der Waals surface area contributed by atoms with E-state index in [0.717, 1.165) is 24.8 Å². The maximum Gasteiger partial charge on any atom is 0.335 e. The Labute approximate surface area is 269 Å². The summed E-state index contributed by atoms with van der Waals surface area (Å²) in [4.78, 5) is 50.2. The number of fused-ring (bicyclic) bond motifs is 1. The number of benzene rings is 1. The highest BCUT2D eigenvalue weighted by molar-refractivity contribution is 5.93. The summed E-state index contributed by atoms with van der Waals surface area (Å²) >= 11 is 0. The van der Waals surface area contributed by atoms with Crippen LogP contribution in [0.15, 0.2) is 43.0 Å². The number of aromatic nitrogens is 6. The standard InChI is InChI=1S/C31H37N9O7/c1-3-23(41)35-20-11-21(26(43)25(20)42)39-15-33-24-27(36-19-5-4-6-22(19)47-2)37-31(38-28(24)39)40-14-18(13-34-40)29(44)32-12-16-7-9-17(10-8-16)30(45)46/h7-10,13-15,19-22,25-26,42-43H,3-6,11-12H2,1-2H3,(H,32,44)(H,35,41)(H,45,46)(H,36,37,38)/t19-,20-,21+,22-,25+,26-/m0/s1. The van der Waals surface area contributed by atoms with Gasteiger partial charge in [-0.3, -0.25) is 9.59 Å². The Morgan fingerprint density at radius 3 is 2.55 bits per heavy atom. The lowest BCUT2D eigenvalue weighted by molar-refractivity contribution is -0.122. The Kier molecular flexibility index (Phi) is 9.15. The van der Waals surface area contributed by atoms with E-state index in [4.69, 9.17) is 19.8 Å². The number of carboxylic acid groups (broad SMARTS) is 1. The van der Waals surface area contributed by atoms with Crippen LogP contribution >= 0.6 is 0 Å². The molecule has 47 heavy (non-hydrogen) atoms. The molecule has 2 aliphatic rings. The van der Waals surface area contributed by atoms with Gasteiger partial charge in [0.2, 0.25) is 5.91 Å². The molecule has 2 aliphatic carbocycles. The van der Waals surface area contributed by atoms with Crippen LogP contribution in [-0.4, -0.2) is 99.9 Å². The predicted octanol–water partition coefficient (Wildman–Crippen LogP) is 1.18. The predicted molar refractivity (Wildman–Crippen MR) is 167 cm³/mol. The number of nitrogens with one attached hydrogen (secondary N) is 3. The van der Waals surface area contributed by atoms with Crippen molar-refractivity contribution in [2.75, 3.05) is 12.4 Å². The molecule has 3 heterocycles. The molecule has 0 saturated heterocycles. The Morgan fingerprint density at radius 1 is 1.04 bits per heavy atom. The molecule has 2 fully saturated rings. The highest BCUT2D eigenvalue weighted by Crippen LogP contribution is 2.35. The van der Waals surface area contributed by atoms with Gasteiger partial charge in [-0.15, -0.1) is 0 Å². The van der Waals surface area contributed by atoms with Crippen molar-refractivity contribution in [2.45, 2.75) is 82.0 Å². The van der Waals surface area contributed by atoms with E-state index in [-0.39, 0.29) is 54.5 Å². The molecule has 16 heteroatoms. The van der Waals surface area contributed by atoms with E-state index >= 15 is 0 Å². The number of aliphatic hydroxyl groups excluding tert-OH is 2. The minimum absolute atomic E-state index is 0.0272. The minimum atomic E-state index is -1.20. The van der Waals surface area contributed by atoms with Gasteiger partial charge in [-0.25, -0.2) is 14.5 Å². The molecule has 3 aromatic heterocycles. The monoisotopic (exact) mass is 647 g/mol. The van der Waals surface area contributed by atoms with Crippen molar-refractivity contribution >= 4 is 34.8 Å². The first-order valence-electron chi connectivity index (χ1n) is 15.5. The van der Waals surface area contributed by atoms with Crippen LogP contribution in [0.5, 0.6) is 0 Å². The van der Waals surface area contributed by atoms with Gasteiger partial charge >= 0.3 is 5.97 Å². The number of carboxylic acids is 1. The number of carbonyl (C=O) groups is 3. The molecule has 6 rings (SSSR count). The highest BCUT2D eigenvalue weighted by atomic mass is 16.5. The molecule has 0 unspecified atom stereocenters. The highest BCUT2D eigenvalue weighted by Gasteiger charge is 2.44. The molecular formula is C31H37N9O7. The van der Waals surface area contributed by atoms with Crippen LogP contribution < -0.4 is 16.0 Å². The number of hydrogen-bond donors (Lipinski definition) is 6. The number of hydrogen-bond acceptors (Lipinski definition) is 11. The van der Waals surface area contributed by atoms with Crippen molar-refractivity contribution in [1.29, 1.82) is 0 Å². The molecule has 6 atom stereocenters. The largest absolute Gasteiger partial charge is 0.478 e. The zero-order valence-electron chi connectivity index (χ0n) is 25.9. The fraction of sp³-hybridized carbons (Fsp3) is 0.452. The summed E-state index contributed by atoms with van der Waals surface area (Å²) in [6, 6.07) is 4.88. The first-order valence-corrected chi connectivity index (χ1v) is 15.5. The third-order valence-corrected chi connectivity index (χ3v) is 8.87. The van der Waals surface area contributed by atoms with E-state index in [9.17, 15) is 24.6 Å². The van der Waals surface area contributed by atoms with Gasteiger partial charge in [-0.2, -0.15) is 15.1 Å². The number of carbonyl (C=O) groups excluding carboxylic acids is 2. The second-order valence-corrected chi connectivity index (χ2v) is 11.8. The number of ether oxygens (including phenoxy) is 1. The SMILES string of the molecule is CCC(=O)N[C@H]1C[C@@H](n2cnc3c(N[C@H]4CCC[C@@H]4OC)nc(-n4cc(C(=O)NCc5ccc(C(=O)O)cc5)cn4)nc32)[C@H](O)[C@@H]1O. The molecule has 4 aromatic rings. The average Bonchev–Trinajstić information content (AvgIpc) is 3.88. The third kappa shape index (κ3) is 6.52. The van der Waals surface area contributed by atoms with Crippen molar-refractivity contribution in [3.05, 3.63) is 59.7 Å². The second-order valence-electron chi connectivity index (χ2n) is 11.8. The number of aliphatic hydroxyl groups is 2. The number of anilines is 1. The van der Waals surface area contributed by atoms with Gasteiger partial charge in [0.05, 0.1) is 47.9 Å². The van der Waals surface area contributed by atoms with Crippen molar-refractivity contribution in [2.24, 2.45) is 0 Å². The van der Waals surface area contributed by atoms with Gasteiger partial charge in [0.25, 0.3) is 11.9 Å². The van der Waals surface area contributed by atoms with Gasteiger partial charge in [-0.1, -0.05) is 19.1 Å². The molecule has 1 aromatic carbocycles. The van der Waals surface area contributed by atoms with Gasteiger partial charge in [0, 0.05) is 26.3 Å². The van der Waals surface area contributed by atoms with E-state index in [1.807, 2.05) is 0 Å². The van der Waals surface area contributed by atoms with Crippen LogP contribution in [0.3, 0.4) is 0 Å². The Balaban J connectivity index is 1.29. The van der Waals surface area contributed by atoms with Crippen molar-refractivity contribution in [1.82, 2.24) is 39.9 Å². The molecule has 2 amide bonds. The van der Waals surface area contributed by atoms with Crippen LogP contribution in [-0.2, 0) is 16.1 Å². The molecule has 0 spiro atoms. The van der Waals surface area contributed by atoms with Crippen molar-refractivity contribution in [3.63, 3.8) is 0 Å². The summed E-state index contributed by atoms with van der Waals surface area (Å²) in [6.07, 6.45) is 5.23. The zero-order chi connectivity index (χ0) is 33.2. The van der Waals surface area contributed by atoms with Crippen LogP contribution in [0.4, 0.5) is 5.82 Å². The normalized spacial score (nSPS) is 24.0. The first kappa shape index (κ1) is 32.0. The van der Waals surface area contributed by atoms with Gasteiger partial charge in [0.15, 0.2) is 17.0 Å². The lowest BCUT2D eigenvalue weighted by Crippen LogP contribution is -2.42. The topological polar surface area (TPSA) is 219 Å². The minimum Gasteiger partial charge on any atom is -0.478 e. The summed E-state index contributed by atoms with van der Waals surface area (Å²) in [5.41, 5.74) is 1.94. The molecule has 0 aliphatic heterocycles. The maximum absolute atomic E-state index is 13.0. The molecule has 0 bridgehead atoms. The van der Waals surface area contributed by atoms with Gasteiger partial charge in [0.1, 0.15) is 12.2 Å². The second kappa shape index (κ2) is 13.4. The number of aromatic carboxylic acids is 1. The number of imidazole rings is 1. The summed E-state index contributed by atoms with van der Waals surface area (Å²) in [5.74, 6) is -1.10. The maximum atomic E-state index is 13.0. The summed E-state index contributed by atoms with van der Waals surface area (Å²) in [7, 11) is 1.67. The summed E-state index contributed by atoms with van der Waals surface area (Å²) < 4.78 is 8.71. The average molecular weight is 648 g/mol. The fourth-order valence-corrected chi connectivity index (χ4v) is 6.23. The fourth-order valence-electron chi connectivity index (χ4n) is 6.23. The Morgan fingerprint density at radius 2 is 1.83 bits per heavy atom. The lowest BCUT2D eigenvalue weighted by atomic mass is 10.1. The number of amides is 2. The molecule has 6 N–H and O–H groups in total. The summed E-state index contributed by atoms with van der Waals surface area (Å²) in [5, 5.41) is 44.3. The van der Waals surface area contributed by atoms with Crippen LogP contribution in [0.1, 0.15) is 71.3 Å². The van der Waals surface area contributed by atoms with E-state index in [0.29, 0.717) is 17.0 Å². The molecular weight excluding hydrogens is 610 g/mol. The first-order chi connectivity index (χ1) is 22.7. The smallest absolute Gasteiger partial charge is 0.335 e. The number of rotatable bonds is 11. The van der Waals surface area contributed by atoms with E-state index in [1.54, 1.807) is 30.7 Å². The van der Waals surface area contributed by atoms with Crippen LogP contribution in [0.2, 0.25) is 0 Å².